The predicted octanol–water partition coefficient (Wildman–Crippen LogP) is 4.90. The summed E-state index contributed by atoms with van der Waals surface area (Å²) in [6, 6.07) is 21.9. The lowest BCUT2D eigenvalue weighted by Crippen LogP contribution is -2.29. The second-order valence-electron chi connectivity index (χ2n) is 5.19. The monoisotopic (exact) mass is 307 g/mol. The Hall–Kier alpha value is -2.39. The van der Waals surface area contributed by atoms with E-state index in [1.54, 1.807) is 0 Å². The van der Waals surface area contributed by atoms with Crippen molar-refractivity contribution >= 4 is 22.9 Å². The molecular weight excluding hydrogens is 290 g/mol. The zero-order valence-corrected chi connectivity index (χ0v) is 13.2. The van der Waals surface area contributed by atoms with Crippen LogP contribution in [0.25, 0.3) is 0 Å². The maximum absolute atomic E-state index is 12.8. The van der Waals surface area contributed by atoms with Crippen LogP contribution in [0.1, 0.15) is 20.8 Å². The van der Waals surface area contributed by atoms with Crippen LogP contribution in [0.4, 0.5) is 5.69 Å². The van der Waals surface area contributed by atoms with E-state index in [1.807, 2.05) is 83.9 Å². The van der Waals surface area contributed by atoms with E-state index >= 15 is 0 Å². The van der Waals surface area contributed by atoms with E-state index in [4.69, 9.17) is 0 Å². The number of carbonyl (C=O) groups is 1. The molecule has 0 atom stereocenters. The molecule has 22 heavy (non-hydrogen) atoms. The number of amides is 1. The van der Waals surface area contributed by atoms with E-state index in [0.717, 1.165) is 16.1 Å². The summed E-state index contributed by atoms with van der Waals surface area (Å²) < 4.78 is 0. The Kier molecular flexibility index (Phi) is 4.35. The molecule has 0 N–H and O–H groups in total. The average molecular weight is 307 g/mol. The fourth-order valence-electron chi connectivity index (χ4n) is 2.30. The van der Waals surface area contributed by atoms with Crippen LogP contribution in [-0.4, -0.2) is 5.91 Å². The first-order valence-corrected chi connectivity index (χ1v) is 8.08. The molecule has 0 saturated carbocycles. The summed E-state index contributed by atoms with van der Waals surface area (Å²) >= 11 is 1.48. The Morgan fingerprint density at radius 1 is 0.955 bits per heavy atom. The molecule has 2 nitrogen and oxygen atoms in total. The van der Waals surface area contributed by atoms with Gasteiger partial charge < -0.3 is 4.90 Å². The lowest BCUT2D eigenvalue weighted by Gasteiger charge is -2.22. The summed E-state index contributed by atoms with van der Waals surface area (Å²) in [5, 5.41) is 1.93. The zero-order valence-electron chi connectivity index (χ0n) is 12.4. The first-order chi connectivity index (χ1) is 10.7. The number of aryl methyl sites for hydroxylation is 1. The molecule has 3 rings (SSSR count). The van der Waals surface area contributed by atoms with Crippen molar-refractivity contribution in [1.82, 2.24) is 0 Å². The van der Waals surface area contributed by atoms with Crippen LogP contribution in [0.15, 0.2) is 72.1 Å². The highest BCUT2D eigenvalue weighted by atomic mass is 32.1. The van der Waals surface area contributed by atoms with Crippen molar-refractivity contribution in [1.29, 1.82) is 0 Å². The number of carbonyl (C=O) groups excluding carboxylic acids is 1. The van der Waals surface area contributed by atoms with Gasteiger partial charge in [-0.15, -0.1) is 11.3 Å². The van der Waals surface area contributed by atoms with Crippen molar-refractivity contribution in [2.75, 3.05) is 4.90 Å². The molecule has 2 aromatic carbocycles. The van der Waals surface area contributed by atoms with Gasteiger partial charge in [-0.05, 0) is 36.1 Å². The highest BCUT2D eigenvalue weighted by molar-refractivity contribution is 7.12. The van der Waals surface area contributed by atoms with Crippen molar-refractivity contribution in [3.63, 3.8) is 0 Å². The van der Waals surface area contributed by atoms with Crippen molar-refractivity contribution in [3.8, 4) is 0 Å². The highest BCUT2D eigenvalue weighted by Crippen LogP contribution is 2.22. The summed E-state index contributed by atoms with van der Waals surface area (Å²) in [4.78, 5) is 15.4. The van der Waals surface area contributed by atoms with Gasteiger partial charge in [-0.2, -0.15) is 0 Å². The lowest BCUT2D eigenvalue weighted by molar-refractivity contribution is 0.0989. The Morgan fingerprint density at radius 3 is 2.32 bits per heavy atom. The van der Waals surface area contributed by atoms with Crippen LogP contribution in [0.2, 0.25) is 0 Å². The molecule has 0 aliphatic carbocycles. The molecule has 0 aliphatic heterocycles. The highest BCUT2D eigenvalue weighted by Gasteiger charge is 2.18. The van der Waals surface area contributed by atoms with Crippen LogP contribution in [0.5, 0.6) is 0 Å². The molecule has 0 saturated heterocycles. The van der Waals surface area contributed by atoms with E-state index in [-0.39, 0.29) is 5.91 Å². The minimum absolute atomic E-state index is 0.0442. The summed E-state index contributed by atoms with van der Waals surface area (Å²) in [7, 11) is 0. The van der Waals surface area contributed by atoms with Crippen LogP contribution < -0.4 is 4.90 Å². The van der Waals surface area contributed by atoms with Gasteiger partial charge in [-0.1, -0.05) is 54.1 Å². The number of thiophene rings is 1. The predicted molar refractivity (Wildman–Crippen MR) is 92.5 cm³/mol. The van der Waals surface area contributed by atoms with Gasteiger partial charge in [-0.25, -0.2) is 0 Å². The molecule has 1 aromatic heterocycles. The molecule has 3 heteroatoms. The molecule has 0 bridgehead atoms. The van der Waals surface area contributed by atoms with Crippen molar-refractivity contribution in [2.24, 2.45) is 0 Å². The third-order valence-electron chi connectivity index (χ3n) is 3.51. The van der Waals surface area contributed by atoms with E-state index in [9.17, 15) is 4.79 Å². The molecular formula is C19H17NOS. The van der Waals surface area contributed by atoms with Crippen LogP contribution in [0, 0.1) is 6.92 Å². The van der Waals surface area contributed by atoms with Gasteiger partial charge in [-0.3, -0.25) is 4.79 Å². The molecule has 110 valence electrons. The van der Waals surface area contributed by atoms with Crippen molar-refractivity contribution in [3.05, 3.63) is 88.1 Å². The average Bonchev–Trinajstić information content (AvgIpc) is 3.08. The topological polar surface area (TPSA) is 20.3 Å². The Bertz CT molecular complexity index is 733. The number of rotatable bonds is 4. The van der Waals surface area contributed by atoms with Gasteiger partial charge in [0.15, 0.2) is 0 Å². The van der Waals surface area contributed by atoms with E-state index in [0.29, 0.717) is 6.54 Å². The van der Waals surface area contributed by atoms with Gasteiger partial charge >= 0.3 is 0 Å². The number of anilines is 1. The lowest BCUT2D eigenvalue weighted by atomic mass is 10.1. The first-order valence-electron chi connectivity index (χ1n) is 7.20. The standard InChI is InChI=1S/C19H17NOS/c1-15-9-11-17(12-10-15)20(14-16-6-3-2-4-7-16)19(21)18-8-5-13-22-18/h2-13H,14H2,1H3. The summed E-state index contributed by atoms with van der Waals surface area (Å²) in [5.74, 6) is 0.0442. The molecule has 0 radical (unpaired) electrons. The smallest absolute Gasteiger partial charge is 0.268 e. The van der Waals surface area contributed by atoms with Crippen molar-refractivity contribution in [2.45, 2.75) is 13.5 Å². The number of nitrogens with zero attached hydrogens (tertiary/aromatic N) is 1. The zero-order chi connectivity index (χ0) is 15.4. The molecule has 1 amide bonds. The van der Waals surface area contributed by atoms with Gasteiger partial charge in [0.2, 0.25) is 0 Å². The maximum Gasteiger partial charge on any atom is 0.268 e. The van der Waals surface area contributed by atoms with Gasteiger partial charge in [0, 0.05) is 5.69 Å². The summed E-state index contributed by atoms with van der Waals surface area (Å²) in [6.07, 6.45) is 0. The van der Waals surface area contributed by atoms with Crippen LogP contribution >= 0.6 is 11.3 Å². The maximum atomic E-state index is 12.8. The fraction of sp³-hybridized carbons (Fsp3) is 0.105. The largest absolute Gasteiger partial charge is 0.303 e. The number of benzene rings is 2. The summed E-state index contributed by atoms with van der Waals surface area (Å²) in [5.41, 5.74) is 3.23. The minimum atomic E-state index is 0.0442. The van der Waals surface area contributed by atoms with Gasteiger partial charge in [0.1, 0.15) is 0 Å². The SMILES string of the molecule is Cc1ccc(N(Cc2ccccc2)C(=O)c2cccs2)cc1. The first kappa shape index (κ1) is 14.5. The van der Waals surface area contributed by atoms with E-state index < -0.39 is 0 Å². The summed E-state index contributed by atoms with van der Waals surface area (Å²) in [6.45, 7) is 2.62. The Balaban J connectivity index is 1.94. The van der Waals surface area contributed by atoms with E-state index in [1.165, 1.54) is 16.9 Å². The van der Waals surface area contributed by atoms with Crippen LogP contribution in [-0.2, 0) is 6.54 Å². The normalized spacial score (nSPS) is 10.4. The van der Waals surface area contributed by atoms with Crippen molar-refractivity contribution < 1.29 is 4.79 Å². The quantitative estimate of drug-likeness (QED) is 0.671. The van der Waals surface area contributed by atoms with Crippen LogP contribution in [0.3, 0.4) is 0 Å². The number of hydrogen-bond donors (Lipinski definition) is 0. The fourth-order valence-corrected chi connectivity index (χ4v) is 2.98. The molecule has 3 aromatic rings. The second kappa shape index (κ2) is 6.58. The molecule has 0 unspecified atom stereocenters. The molecule has 0 aliphatic rings. The third kappa shape index (κ3) is 3.26. The molecule has 1 heterocycles. The Morgan fingerprint density at radius 2 is 1.68 bits per heavy atom. The van der Waals surface area contributed by atoms with Gasteiger partial charge in [0.05, 0.1) is 11.4 Å². The van der Waals surface area contributed by atoms with E-state index in [2.05, 4.69) is 0 Å². The molecule has 0 spiro atoms. The second-order valence-corrected chi connectivity index (χ2v) is 6.14. The van der Waals surface area contributed by atoms with Gasteiger partial charge in [0.25, 0.3) is 5.91 Å². The minimum Gasteiger partial charge on any atom is -0.303 e. The number of hydrogen-bond acceptors (Lipinski definition) is 2. The molecule has 0 fully saturated rings. The third-order valence-corrected chi connectivity index (χ3v) is 4.36. The Labute approximate surface area is 134 Å².